The highest BCUT2D eigenvalue weighted by molar-refractivity contribution is 5.25. The molecule has 0 atom stereocenters. The zero-order chi connectivity index (χ0) is 13.5. The Morgan fingerprint density at radius 3 is 2.79 bits per heavy atom. The summed E-state index contributed by atoms with van der Waals surface area (Å²) in [5, 5.41) is 3.52. The van der Waals surface area contributed by atoms with Crippen molar-refractivity contribution >= 4 is 0 Å². The van der Waals surface area contributed by atoms with E-state index in [4.69, 9.17) is 9.47 Å². The van der Waals surface area contributed by atoms with Gasteiger partial charge in [-0.2, -0.15) is 0 Å². The monoisotopic (exact) mass is 264 g/mol. The van der Waals surface area contributed by atoms with Crippen LogP contribution in [0.15, 0.2) is 12.1 Å². The molecule has 4 heteroatoms. The van der Waals surface area contributed by atoms with E-state index in [1.807, 2.05) is 13.0 Å². The molecule has 0 spiro atoms. The zero-order valence-electron chi connectivity index (χ0n) is 11.9. The molecule has 0 unspecified atom stereocenters. The number of hydrogen-bond acceptors (Lipinski definition) is 4. The first-order valence-corrected chi connectivity index (χ1v) is 7.25. The van der Waals surface area contributed by atoms with E-state index in [-0.39, 0.29) is 0 Å². The van der Waals surface area contributed by atoms with Crippen LogP contribution in [0.3, 0.4) is 0 Å². The molecule has 0 saturated heterocycles. The lowest BCUT2D eigenvalue weighted by Gasteiger charge is -2.10. The molecule has 1 saturated carbocycles. The smallest absolute Gasteiger partial charge is 0.213 e. The number of aryl methyl sites for hydroxylation is 1. The van der Waals surface area contributed by atoms with Crippen molar-refractivity contribution in [1.82, 2.24) is 10.3 Å². The third-order valence-electron chi connectivity index (χ3n) is 3.13. The maximum Gasteiger partial charge on any atom is 0.213 e. The van der Waals surface area contributed by atoms with E-state index in [0.29, 0.717) is 19.1 Å². The Kier molecular flexibility index (Phi) is 5.61. The molecule has 1 aromatic heterocycles. The first-order valence-electron chi connectivity index (χ1n) is 7.25. The van der Waals surface area contributed by atoms with Crippen molar-refractivity contribution < 1.29 is 9.47 Å². The highest BCUT2D eigenvalue weighted by Crippen LogP contribution is 2.20. The fraction of sp³-hybridized carbons (Fsp3) is 0.667. The van der Waals surface area contributed by atoms with E-state index >= 15 is 0 Å². The minimum Gasteiger partial charge on any atom is -0.475 e. The molecule has 1 aromatic rings. The molecule has 1 aliphatic carbocycles. The largest absolute Gasteiger partial charge is 0.475 e. The molecule has 106 valence electrons. The molecule has 0 aliphatic heterocycles. The van der Waals surface area contributed by atoms with Gasteiger partial charge in [-0.05, 0) is 37.8 Å². The van der Waals surface area contributed by atoms with Crippen LogP contribution in [0.4, 0.5) is 0 Å². The molecular formula is C15H24N2O2. The first kappa shape index (κ1) is 14.3. The van der Waals surface area contributed by atoms with Crippen LogP contribution in [0.5, 0.6) is 5.88 Å². The van der Waals surface area contributed by atoms with Crippen LogP contribution in [0.1, 0.15) is 37.9 Å². The van der Waals surface area contributed by atoms with Gasteiger partial charge in [0.1, 0.15) is 6.61 Å². The van der Waals surface area contributed by atoms with Crippen LogP contribution in [-0.2, 0) is 17.7 Å². The summed E-state index contributed by atoms with van der Waals surface area (Å²) in [6.45, 7) is 6.90. The molecule has 0 radical (unpaired) electrons. The van der Waals surface area contributed by atoms with Crippen molar-refractivity contribution in [3.63, 3.8) is 0 Å². The summed E-state index contributed by atoms with van der Waals surface area (Å²) in [5.74, 6) is 0.714. The van der Waals surface area contributed by atoms with Crippen LogP contribution in [0, 0.1) is 0 Å². The minimum atomic E-state index is 0.559. The maximum atomic E-state index is 5.65. The average Bonchev–Trinajstić information content (AvgIpc) is 3.25. The molecule has 1 fully saturated rings. The Morgan fingerprint density at radius 2 is 2.11 bits per heavy atom. The predicted octanol–water partition coefficient (Wildman–Crippen LogP) is 2.31. The van der Waals surface area contributed by atoms with Crippen molar-refractivity contribution in [2.75, 3.05) is 19.8 Å². The Bertz CT molecular complexity index is 392. The molecule has 0 aromatic carbocycles. The van der Waals surface area contributed by atoms with Crippen LogP contribution >= 0.6 is 0 Å². The second kappa shape index (κ2) is 7.46. The Hall–Kier alpha value is -1.13. The third-order valence-corrected chi connectivity index (χ3v) is 3.13. The lowest BCUT2D eigenvalue weighted by molar-refractivity contribution is 0.108. The van der Waals surface area contributed by atoms with Crippen LogP contribution in [-0.4, -0.2) is 30.8 Å². The molecule has 1 aliphatic rings. The fourth-order valence-corrected chi connectivity index (χ4v) is 1.88. The van der Waals surface area contributed by atoms with Crippen molar-refractivity contribution in [1.29, 1.82) is 0 Å². The van der Waals surface area contributed by atoms with E-state index in [2.05, 4.69) is 23.3 Å². The normalized spacial score (nSPS) is 14.6. The molecule has 2 rings (SSSR count). The lowest BCUT2D eigenvalue weighted by Crippen LogP contribution is -2.16. The van der Waals surface area contributed by atoms with Crippen molar-refractivity contribution in [2.45, 2.75) is 45.7 Å². The summed E-state index contributed by atoms with van der Waals surface area (Å²) in [4.78, 5) is 4.49. The summed E-state index contributed by atoms with van der Waals surface area (Å²) in [6, 6.07) is 4.91. The van der Waals surface area contributed by atoms with E-state index in [9.17, 15) is 0 Å². The average molecular weight is 264 g/mol. The SMILES string of the molecule is CCOCCOc1cc(CNC2CC2)cc(CC)n1. The summed E-state index contributed by atoms with van der Waals surface area (Å²) in [5.41, 5.74) is 2.34. The number of aromatic nitrogens is 1. The lowest BCUT2D eigenvalue weighted by atomic mass is 10.2. The molecule has 1 N–H and O–H groups in total. The number of ether oxygens (including phenoxy) is 2. The quantitative estimate of drug-likeness (QED) is 0.695. The van der Waals surface area contributed by atoms with Crippen LogP contribution in [0.25, 0.3) is 0 Å². The van der Waals surface area contributed by atoms with Gasteiger partial charge in [0.15, 0.2) is 0 Å². The Balaban J connectivity index is 1.89. The van der Waals surface area contributed by atoms with Crippen LogP contribution < -0.4 is 10.1 Å². The third kappa shape index (κ3) is 5.17. The van der Waals surface area contributed by atoms with Gasteiger partial charge < -0.3 is 14.8 Å². The van der Waals surface area contributed by atoms with Gasteiger partial charge in [-0.1, -0.05) is 6.92 Å². The molecule has 1 heterocycles. The highest BCUT2D eigenvalue weighted by atomic mass is 16.5. The zero-order valence-corrected chi connectivity index (χ0v) is 11.9. The van der Waals surface area contributed by atoms with Gasteiger partial charge in [0.2, 0.25) is 5.88 Å². The molecule has 19 heavy (non-hydrogen) atoms. The maximum absolute atomic E-state index is 5.65. The van der Waals surface area contributed by atoms with E-state index in [1.165, 1.54) is 18.4 Å². The van der Waals surface area contributed by atoms with Crippen LogP contribution in [0.2, 0.25) is 0 Å². The highest BCUT2D eigenvalue weighted by Gasteiger charge is 2.20. The summed E-state index contributed by atoms with van der Waals surface area (Å²) in [7, 11) is 0. The van der Waals surface area contributed by atoms with E-state index < -0.39 is 0 Å². The summed E-state index contributed by atoms with van der Waals surface area (Å²) < 4.78 is 10.9. The van der Waals surface area contributed by atoms with Gasteiger partial charge in [0, 0.05) is 31.0 Å². The summed E-state index contributed by atoms with van der Waals surface area (Å²) >= 11 is 0. The molecular weight excluding hydrogens is 240 g/mol. The first-order chi connectivity index (χ1) is 9.31. The van der Waals surface area contributed by atoms with Crippen molar-refractivity contribution in [3.8, 4) is 5.88 Å². The topological polar surface area (TPSA) is 43.4 Å². The number of pyridine rings is 1. The van der Waals surface area contributed by atoms with Gasteiger partial charge in [-0.15, -0.1) is 0 Å². The van der Waals surface area contributed by atoms with Gasteiger partial charge in [0.05, 0.1) is 6.61 Å². The Morgan fingerprint density at radius 1 is 1.26 bits per heavy atom. The fourth-order valence-electron chi connectivity index (χ4n) is 1.88. The number of hydrogen-bond donors (Lipinski definition) is 1. The number of nitrogens with one attached hydrogen (secondary N) is 1. The number of rotatable bonds is 9. The predicted molar refractivity (Wildman–Crippen MR) is 75.5 cm³/mol. The van der Waals surface area contributed by atoms with Gasteiger partial charge in [0.25, 0.3) is 0 Å². The van der Waals surface area contributed by atoms with Gasteiger partial charge >= 0.3 is 0 Å². The Labute approximate surface area is 115 Å². The van der Waals surface area contributed by atoms with Crippen molar-refractivity contribution in [2.24, 2.45) is 0 Å². The second-order valence-electron chi connectivity index (χ2n) is 4.86. The van der Waals surface area contributed by atoms with Gasteiger partial charge in [-0.25, -0.2) is 4.98 Å². The van der Waals surface area contributed by atoms with E-state index in [1.54, 1.807) is 0 Å². The minimum absolute atomic E-state index is 0.559. The molecule has 4 nitrogen and oxygen atoms in total. The van der Waals surface area contributed by atoms with Crippen molar-refractivity contribution in [3.05, 3.63) is 23.4 Å². The molecule has 0 amide bonds. The van der Waals surface area contributed by atoms with E-state index in [0.717, 1.165) is 31.3 Å². The summed E-state index contributed by atoms with van der Waals surface area (Å²) in [6.07, 6.45) is 3.55. The standard InChI is InChI=1S/C15H24N2O2/c1-3-13-9-12(11-16-14-5-6-14)10-15(17-13)19-8-7-18-4-2/h9-10,14,16H,3-8,11H2,1-2H3. The number of nitrogens with zero attached hydrogens (tertiary/aromatic N) is 1. The van der Waals surface area contributed by atoms with Gasteiger partial charge in [-0.3, -0.25) is 0 Å². The molecule has 0 bridgehead atoms. The second-order valence-corrected chi connectivity index (χ2v) is 4.86.